The van der Waals surface area contributed by atoms with Crippen LogP contribution >= 0.6 is 11.6 Å². The highest BCUT2D eigenvalue weighted by atomic mass is 35.5. The molecule has 0 atom stereocenters. The fourth-order valence-corrected chi connectivity index (χ4v) is 1.98. The summed E-state index contributed by atoms with van der Waals surface area (Å²) in [6.07, 6.45) is 3.93. The molecule has 0 aliphatic rings. The second-order valence-electron chi connectivity index (χ2n) is 4.53. The predicted octanol–water partition coefficient (Wildman–Crippen LogP) is 3.21. The maximum Gasteiger partial charge on any atom is 0.258 e. The summed E-state index contributed by atoms with van der Waals surface area (Å²) in [4.78, 5) is 20.3. The van der Waals surface area contributed by atoms with E-state index in [9.17, 15) is 4.79 Å². The van der Waals surface area contributed by atoms with Crippen LogP contribution in [0.15, 0.2) is 30.6 Å². The van der Waals surface area contributed by atoms with Crippen molar-refractivity contribution in [3.63, 3.8) is 0 Å². The molecule has 0 radical (unpaired) electrons. The lowest BCUT2D eigenvalue weighted by Crippen LogP contribution is -2.13. The van der Waals surface area contributed by atoms with Gasteiger partial charge < -0.3 is 15.4 Å². The first-order valence-electron chi connectivity index (χ1n) is 6.85. The van der Waals surface area contributed by atoms with Crippen LogP contribution in [-0.2, 0) is 0 Å². The van der Waals surface area contributed by atoms with Gasteiger partial charge in [-0.1, -0.05) is 18.5 Å². The van der Waals surface area contributed by atoms with Crippen molar-refractivity contribution >= 4 is 29.1 Å². The fraction of sp³-hybridized carbons (Fsp3) is 0.267. The van der Waals surface area contributed by atoms with Crippen molar-refractivity contribution in [2.24, 2.45) is 0 Å². The van der Waals surface area contributed by atoms with E-state index in [1.807, 2.05) is 0 Å². The molecule has 0 saturated heterocycles. The van der Waals surface area contributed by atoms with Gasteiger partial charge in [-0.25, -0.2) is 9.97 Å². The fourth-order valence-electron chi connectivity index (χ4n) is 1.72. The van der Waals surface area contributed by atoms with E-state index in [-0.39, 0.29) is 5.91 Å². The minimum Gasteiger partial charge on any atom is -0.495 e. The summed E-state index contributed by atoms with van der Waals surface area (Å²) in [5.41, 5.74) is 0.943. The number of methoxy groups -OCH3 is 1. The summed E-state index contributed by atoms with van der Waals surface area (Å²) in [5, 5.41) is 6.21. The van der Waals surface area contributed by atoms with Gasteiger partial charge in [-0.05, 0) is 24.6 Å². The quantitative estimate of drug-likeness (QED) is 0.854. The number of benzene rings is 1. The van der Waals surface area contributed by atoms with Gasteiger partial charge in [0.2, 0.25) is 5.95 Å². The third kappa shape index (κ3) is 4.08. The molecule has 1 heterocycles. The summed E-state index contributed by atoms with van der Waals surface area (Å²) in [7, 11) is 1.53. The van der Waals surface area contributed by atoms with E-state index < -0.39 is 0 Å². The third-order valence-corrected chi connectivity index (χ3v) is 3.15. The molecule has 116 valence electrons. The molecule has 0 spiro atoms. The molecular formula is C15H17ClN4O2. The number of hydrogen-bond donors (Lipinski definition) is 2. The Bertz CT molecular complexity index is 646. The lowest BCUT2D eigenvalue weighted by atomic mass is 10.2. The molecular weight excluding hydrogens is 304 g/mol. The first-order chi connectivity index (χ1) is 10.6. The Hall–Kier alpha value is -2.34. The molecule has 2 aromatic rings. The van der Waals surface area contributed by atoms with E-state index in [0.717, 1.165) is 13.0 Å². The van der Waals surface area contributed by atoms with Crippen LogP contribution in [0.3, 0.4) is 0 Å². The summed E-state index contributed by atoms with van der Waals surface area (Å²) < 4.78 is 5.06. The SMILES string of the molecule is CCCNc1ncc(C(=O)Nc2ccc(OC)c(Cl)c2)cn1. The Morgan fingerprint density at radius 1 is 1.32 bits per heavy atom. The van der Waals surface area contributed by atoms with Crippen LogP contribution in [0.25, 0.3) is 0 Å². The molecule has 0 aliphatic carbocycles. The molecule has 0 bridgehead atoms. The van der Waals surface area contributed by atoms with E-state index in [1.165, 1.54) is 19.5 Å². The molecule has 2 rings (SSSR count). The van der Waals surface area contributed by atoms with Crippen LogP contribution in [0.5, 0.6) is 5.75 Å². The number of carbonyl (C=O) groups excluding carboxylic acids is 1. The van der Waals surface area contributed by atoms with Crippen molar-refractivity contribution in [1.82, 2.24) is 9.97 Å². The number of halogens is 1. The molecule has 0 fully saturated rings. The molecule has 2 N–H and O–H groups in total. The predicted molar refractivity (Wildman–Crippen MR) is 86.8 cm³/mol. The van der Waals surface area contributed by atoms with Crippen LogP contribution in [0.4, 0.5) is 11.6 Å². The zero-order chi connectivity index (χ0) is 15.9. The Balaban J connectivity index is 2.04. The van der Waals surface area contributed by atoms with Gasteiger partial charge in [-0.2, -0.15) is 0 Å². The van der Waals surface area contributed by atoms with Gasteiger partial charge in [0.05, 0.1) is 17.7 Å². The van der Waals surface area contributed by atoms with Gasteiger partial charge in [0, 0.05) is 24.6 Å². The number of aromatic nitrogens is 2. The molecule has 22 heavy (non-hydrogen) atoms. The van der Waals surface area contributed by atoms with E-state index in [1.54, 1.807) is 18.2 Å². The lowest BCUT2D eigenvalue weighted by Gasteiger charge is -2.08. The molecule has 0 unspecified atom stereocenters. The molecule has 0 aliphatic heterocycles. The van der Waals surface area contributed by atoms with Crippen LogP contribution in [0, 0.1) is 0 Å². The number of amides is 1. The first kappa shape index (κ1) is 16.0. The topological polar surface area (TPSA) is 76.1 Å². The summed E-state index contributed by atoms with van der Waals surface area (Å²) in [6.45, 7) is 2.84. The van der Waals surface area contributed by atoms with Gasteiger partial charge in [0.25, 0.3) is 5.91 Å². The van der Waals surface area contributed by atoms with Crippen LogP contribution in [-0.4, -0.2) is 29.5 Å². The Labute approximate surface area is 133 Å². The third-order valence-electron chi connectivity index (χ3n) is 2.86. The maximum absolute atomic E-state index is 12.1. The van der Waals surface area contributed by atoms with Gasteiger partial charge >= 0.3 is 0 Å². The zero-order valence-corrected chi connectivity index (χ0v) is 13.1. The Kier molecular flexibility index (Phi) is 5.55. The number of ether oxygens (including phenoxy) is 1. The molecule has 6 nitrogen and oxygen atoms in total. The molecule has 0 saturated carbocycles. The van der Waals surface area contributed by atoms with E-state index in [0.29, 0.717) is 28.0 Å². The van der Waals surface area contributed by atoms with Crippen LogP contribution in [0.2, 0.25) is 5.02 Å². The summed E-state index contributed by atoms with van der Waals surface area (Å²) in [6, 6.07) is 5.02. The second kappa shape index (κ2) is 7.61. The Morgan fingerprint density at radius 3 is 2.64 bits per heavy atom. The standard InChI is InChI=1S/C15H17ClN4O2/c1-3-6-17-15-18-8-10(9-19-15)14(21)20-11-4-5-13(22-2)12(16)7-11/h4-5,7-9H,3,6H2,1-2H3,(H,20,21)(H,17,18,19). The number of nitrogens with one attached hydrogen (secondary N) is 2. The smallest absolute Gasteiger partial charge is 0.258 e. The zero-order valence-electron chi connectivity index (χ0n) is 12.4. The van der Waals surface area contributed by atoms with Gasteiger partial charge in [-0.3, -0.25) is 4.79 Å². The Morgan fingerprint density at radius 2 is 2.05 bits per heavy atom. The van der Waals surface area contributed by atoms with Crippen molar-refractivity contribution in [2.75, 3.05) is 24.3 Å². The monoisotopic (exact) mass is 320 g/mol. The minimum atomic E-state index is -0.303. The van der Waals surface area contributed by atoms with Crippen molar-refractivity contribution in [2.45, 2.75) is 13.3 Å². The van der Waals surface area contributed by atoms with Crippen molar-refractivity contribution in [3.05, 3.63) is 41.2 Å². The molecule has 1 aromatic carbocycles. The van der Waals surface area contributed by atoms with Crippen LogP contribution < -0.4 is 15.4 Å². The normalized spacial score (nSPS) is 10.1. The van der Waals surface area contributed by atoms with E-state index in [4.69, 9.17) is 16.3 Å². The van der Waals surface area contributed by atoms with E-state index in [2.05, 4.69) is 27.5 Å². The van der Waals surface area contributed by atoms with E-state index >= 15 is 0 Å². The van der Waals surface area contributed by atoms with Gasteiger partial charge in [0.1, 0.15) is 5.75 Å². The number of rotatable bonds is 6. The summed E-state index contributed by atoms with van der Waals surface area (Å²) >= 11 is 6.02. The van der Waals surface area contributed by atoms with Crippen molar-refractivity contribution < 1.29 is 9.53 Å². The highest BCUT2D eigenvalue weighted by Crippen LogP contribution is 2.27. The largest absolute Gasteiger partial charge is 0.495 e. The highest BCUT2D eigenvalue weighted by molar-refractivity contribution is 6.32. The maximum atomic E-state index is 12.1. The average molecular weight is 321 g/mol. The van der Waals surface area contributed by atoms with Crippen molar-refractivity contribution in [3.8, 4) is 5.75 Å². The molecule has 1 amide bonds. The first-order valence-corrected chi connectivity index (χ1v) is 7.22. The van der Waals surface area contributed by atoms with Crippen LogP contribution in [0.1, 0.15) is 23.7 Å². The number of anilines is 2. The number of nitrogens with zero attached hydrogens (tertiary/aromatic N) is 2. The van der Waals surface area contributed by atoms with Gasteiger partial charge in [-0.15, -0.1) is 0 Å². The highest BCUT2D eigenvalue weighted by Gasteiger charge is 2.09. The second-order valence-corrected chi connectivity index (χ2v) is 4.93. The number of hydrogen-bond acceptors (Lipinski definition) is 5. The summed E-state index contributed by atoms with van der Waals surface area (Å²) in [5.74, 6) is 0.753. The molecule has 7 heteroatoms. The van der Waals surface area contributed by atoms with Gasteiger partial charge in [0.15, 0.2) is 0 Å². The van der Waals surface area contributed by atoms with Crippen molar-refractivity contribution in [1.29, 1.82) is 0 Å². The molecule has 1 aromatic heterocycles. The minimum absolute atomic E-state index is 0.303. The number of carbonyl (C=O) groups is 1. The lowest BCUT2D eigenvalue weighted by molar-refractivity contribution is 0.102. The average Bonchev–Trinajstić information content (AvgIpc) is 2.53.